The first-order valence-electron chi connectivity index (χ1n) is 9.08. The van der Waals surface area contributed by atoms with Crippen LogP contribution in [0.5, 0.6) is 0 Å². The minimum Gasteiger partial charge on any atom is -0.318 e. The van der Waals surface area contributed by atoms with Gasteiger partial charge in [0.2, 0.25) is 5.13 Å². The number of hydrogen-bond donors (Lipinski definition) is 1. The molecule has 0 aliphatic carbocycles. The summed E-state index contributed by atoms with van der Waals surface area (Å²) in [6, 6.07) is 19.0. The van der Waals surface area contributed by atoms with Crippen LogP contribution in [0.15, 0.2) is 59.7 Å². The molecule has 136 valence electrons. The number of aromatic nitrogens is 2. The number of aryl methyl sites for hydroxylation is 2. The van der Waals surface area contributed by atoms with Crippen LogP contribution in [-0.4, -0.2) is 15.8 Å². The van der Waals surface area contributed by atoms with Gasteiger partial charge in [-0.2, -0.15) is 5.10 Å². The molecule has 2 aromatic heterocycles. The molecule has 0 unspecified atom stereocenters. The van der Waals surface area contributed by atoms with Crippen molar-refractivity contribution in [1.82, 2.24) is 9.55 Å². The highest BCUT2D eigenvalue weighted by atomic mass is 32.1. The third kappa shape index (κ3) is 3.51. The summed E-state index contributed by atoms with van der Waals surface area (Å²) in [6.07, 6.45) is 2.92. The number of hydrazone groups is 1. The zero-order valence-electron chi connectivity index (χ0n) is 15.7. The van der Waals surface area contributed by atoms with Gasteiger partial charge in [-0.15, -0.1) is 0 Å². The molecule has 0 saturated carbocycles. The average molecular weight is 375 g/mol. The van der Waals surface area contributed by atoms with Crippen LogP contribution >= 0.6 is 11.3 Å². The number of fused-ring (bicyclic) bond motifs is 1. The van der Waals surface area contributed by atoms with Crippen molar-refractivity contribution in [1.29, 1.82) is 0 Å². The van der Waals surface area contributed by atoms with Crippen LogP contribution in [0.1, 0.15) is 29.4 Å². The van der Waals surface area contributed by atoms with Crippen molar-refractivity contribution >= 4 is 32.9 Å². The van der Waals surface area contributed by atoms with Crippen molar-refractivity contribution in [3.63, 3.8) is 0 Å². The van der Waals surface area contributed by atoms with Crippen LogP contribution < -0.4 is 5.43 Å². The van der Waals surface area contributed by atoms with Gasteiger partial charge in [0.25, 0.3) is 0 Å². The number of hydrogen-bond acceptors (Lipinski definition) is 4. The van der Waals surface area contributed by atoms with Gasteiger partial charge in [0.1, 0.15) is 0 Å². The number of nitrogens with zero attached hydrogens (tertiary/aromatic N) is 3. The molecule has 4 rings (SSSR count). The van der Waals surface area contributed by atoms with Gasteiger partial charge in [-0.1, -0.05) is 42.5 Å². The van der Waals surface area contributed by atoms with Crippen molar-refractivity contribution in [2.75, 3.05) is 5.43 Å². The first kappa shape index (κ1) is 17.5. The molecule has 0 fully saturated rings. The number of anilines is 1. The average Bonchev–Trinajstić information content (AvgIpc) is 3.22. The highest BCUT2D eigenvalue weighted by molar-refractivity contribution is 7.22. The summed E-state index contributed by atoms with van der Waals surface area (Å²) in [6.45, 7) is 6.42. The number of para-hydroxylation sites is 1. The molecule has 0 radical (unpaired) electrons. The summed E-state index contributed by atoms with van der Waals surface area (Å²) in [5.41, 5.74) is 10.1. The van der Waals surface area contributed by atoms with Crippen molar-refractivity contribution in [2.45, 2.75) is 27.2 Å². The molecule has 27 heavy (non-hydrogen) atoms. The topological polar surface area (TPSA) is 42.2 Å². The van der Waals surface area contributed by atoms with E-state index in [1.165, 1.54) is 22.6 Å². The first-order chi connectivity index (χ1) is 13.2. The van der Waals surface area contributed by atoms with E-state index in [-0.39, 0.29) is 0 Å². The Hall–Kier alpha value is -2.92. The molecule has 4 aromatic rings. The summed E-state index contributed by atoms with van der Waals surface area (Å²) in [7, 11) is 0. The van der Waals surface area contributed by atoms with E-state index < -0.39 is 0 Å². The fraction of sp³-hybridized carbons (Fsp3) is 0.182. The third-order valence-corrected chi connectivity index (χ3v) is 5.67. The van der Waals surface area contributed by atoms with E-state index >= 15 is 0 Å². The van der Waals surface area contributed by atoms with Crippen molar-refractivity contribution in [3.8, 4) is 5.69 Å². The quantitative estimate of drug-likeness (QED) is 0.359. The second-order valence-electron chi connectivity index (χ2n) is 6.54. The molecule has 5 heteroatoms. The van der Waals surface area contributed by atoms with Gasteiger partial charge >= 0.3 is 0 Å². The van der Waals surface area contributed by atoms with Gasteiger partial charge in [0.15, 0.2) is 0 Å². The number of benzene rings is 2. The van der Waals surface area contributed by atoms with Gasteiger partial charge in [0.05, 0.1) is 16.4 Å². The standard InChI is InChI=1S/C22H22N4S/c1-4-17-9-11-19(12-10-17)26-15(2)13-18(16(26)3)14-23-25-22-24-20-7-5-6-8-21(20)27-22/h5-14H,4H2,1-3H3,(H,24,25). The van der Waals surface area contributed by atoms with Crippen LogP contribution in [-0.2, 0) is 6.42 Å². The second-order valence-corrected chi connectivity index (χ2v) is 7.57. The molecule has 0 aliphatic rings. The molecule has 2 aromatic carbocycles. The zero-order valence-corrected chi connectivity index (χ0v) is 16.5. The predicted molar refractivity (Wildman–Crippen MR) is 115 cm³/mol. The SMILES string of the molecule is CCc1ccc(-n2c(C)cc(C=NNc3nc4ccccc4s3)c2C)cc1. The Morgan fingerprint density at radius 2 is 1.89 bits per heavy atom. The number of rotatable bonds is 5. The lowest BCUT2D eigenvalue weighted by atomic mass is 10.1. The lowest BCUT2D eigenvalue weighted by Gasteiger charge is -2.10. The Bertz CT molecular complexity index is 1070. The molecule has 1 N–H and O–H groups in total. The number of thiazole rings is 1. The maximum absolute atomic E-state index is 4.54. The fourth-order valence-corrected chi connectivity index (χ4v) is 4.09. The Morgan fingerprint density at radius 1 is 1.11 bits per heavy atom. The lowest BCUT2D eigenvalue weighted by molar-refractivity contribution is 0.962. The van der Waals surface area contributed by atoms with E-state index in [9.17, 15) is 0 Å². The number of nitrogens with one attached hydrogen (secondary N) is 1. The second kappa shape index (κ2) is 7.37. The molecular formula is C22H22N4S. The fourth-order valence-electron chi connectivity index (χ4n) is 3.27. The van der Waals surface area contributed by atoms with Crippen LogP contribution in [0.2, 0.25) is 0 Å². The molecule has 0 spiro atoms. The normalized spacial score (nSPS) is 11.5. The highest BCUT2D eigenvalue weighted by Gasteiger charge is 2.09. The van der Waals surface area contributed by atoms with Crippen LogP contribution in [0, 0.1) is 13.8 Å². The van der Waals surface area contributed by atoms with Gasteiger partial charge in [-0.25, -0.2) is 4.98 Å². The molecular weight excluding hydrogens is 352 g/mol. The van der Waals surface area contributed by atoms with Crippen LogP contribution in [0.25, 0.3) is 15.9 Å². The van der Waals surface area contributed by atoms with Crippen LogP contribution in [0.4, 0.5) is 5.13 Å². The zero-order chi connectivity index (χ0) is 18.8. The Balaban J connectivity index is 1.56. The van der Waals surface area contributed by atoms with E-state index in [2.05, 4.69) is 77.2 Å². The minimum absolute atomic E-state index is 0.802. The smallest absolute Gasteiger partial charge is 0.204 e. The first-order valence-corrected chi connectivity index (χ1v) is 9.90. The summed E-state index contributed by atoms with van der Waals surface area (Å²) < 4.78 is 3.42. The van der Waals surface area contributed by atoms with E-state index in [0.717, 1.165) is 27.3 Å². The molecule has 4 nitrogen and oxygen atoms in total. The van der Waals surface area contributed by atoms with Gasteiger partial charge in [-0.05, 0) is 56.2 Å². The maximum atomic E-state index is 4.54. The molecule has 2 heterocycles. The van der Waals surface area contributed by atoms with E-state index in [1.807, 2.05) is 24.4 Å². The largest absolute Gasteiger partial charge is 0.318 e. The lowest BCUT2D eigenvalue weighted by Crippen LogP contribution is -2.00. The van der Waals surface area contributed by atoms with E-state index in [0.29, 0.717) is 0 Å². The van der Waals surface area contributed by atoms with Gasteiger partial charge in [0, 0.05) is 22.6 Å². The minimum atomic E-state index is 0.802. The Morgan fingerprint density at radius 3 is 2.63 bits per heavy atom. The summed E-state index contributed by atoms with van der Waals surface area (Å²) >= 11 is 1.60. The molecule has 0 saturated heterocycles. The van der Waals surface area contributed by atoms with Crippen molar-refractivity contribution in [3.05, 3.63) is 77.1 Å². The molecule has 0 aliphatic heterocycles. The molecule has 0 amide bonds. The molecule has 0 atom stereocenters. The predicted octanol–water partition coefficient (Wildman–Crippen LogP) is 5.71. The summed E-state index contributed by atoms with van der Waals surface area (Å²) in [4.78, 5) is 4.54. The van der Waals surface area contributed by atoms with Gasteiger partial charge < -0.3 is 4.57 Å². The monoisotopic (exact) mass is 374 g/mol. The Labute approximate surface area is 163 Å². The maximum Gasteiger partial charge on any atom is 0.204 e. The highest BCUT2D eigenvalue weighted by Crippen LogP contribution is 2.25. The van der Waals surface area contributed by atoms with Crippen molar-refractivity contribution < 1.29 is 0 Å². The van der Waals surface area contributed by atoms with Crippen molar-refractivity contribution in [2.24, 2.45) is 5.10 Å². The van der Waals surface area contributed by atoms with E-state index in [1.54, 1.807) is 11.3 Å². The van der Waals surface area contributed by atoms with Gasteiger partial charge in [-0.3, -0.25) is 5.43 Å². The third-order valence-electron chi connectivity index (χ3n) is 4.73. The summed E-state index contributed by atoms with van der Waals surface area (Å²) in [5, 5.41) is 5.21. The van der Waals surface area contributed by atoms with E-state index in [4.69, 9.17) is 0 Å². The van der Waals surface area contributed by atoms with Crippen LogP contribution in [0.3, 0.4) is 0 Å². The summed E-state index contributed by atoms with van der Waals surface area (Å²) in [5.74, 6) is 0. The molecule has 0 bridgehead atoms. The Kier molecular flexibility index (Phi) is 4.77.